The molecule has 0 atom stereocenters. The van der Waals surface area contributed by atoms with E-state index in [2.05, 4.69) is 10.3 Å². The first-order valence-electron chi connectivity index (χ1n) is 7.92. The van der Waals surface area contributed by atoms with Gasteiger partial charge in [-0.2, -0.15) is 0 Å². The molecule has 136 valence electrons. The number of benzene rings is 2. The number of aromatic amines is 1. The fourth-order valence-corrected chi connectivity index (χ4v) is 3.07. The molecule has 0 aliphatic carbocycles. The molecule has 2 N–H and O–H groups in total. The fourth-order valence-electron chi connectivity index (χ4n) is 2.77. The second kappa shape index (κ2) is 7.58. The van der Waals surface area contributed by atoms with Crippen LogP contribution in [0.4, 0.5) is 0 Å². The number of nitrogens with one attached hydrogen (secondary N) is 2. The van der Waals surface area contributed by atoms with Gasteiger partial charge in [-0.25, -0.2) is 0 Å². The zero-order valence-corrected chi connectivity index (χ0v) is 15.4. The summed E-state index contributed by atoms with van der Waals surface area (Å²) in [5.41, 5.74) is 1.95. The molecule has 1 amide bonds. The van der Waals surface area contributed by atoms with Crippen LogP contribution in [0.25, 0.3) is 10.9 Å². The Labute approximate surface area is 156 Å². The second-order valence-electron chi connectivity index (χ2n) is 5.58. The molecule has 7 heteroatoms. The summed E-state index contributed by atoms with van der Waals surface area (Å²) in [7, 11) is 4.63. The number of fused-ring (bicyclic) bond motifs is 1. The van der Waals surface area contributed by atoms with Crippen LogP contribution in [0.2, 0.25) is 5.02 Å². The maximum Gasteiger partial charge on any atom is 0.269 e. The number of para-hydroxylation sites is 1. The van der Waals surface area contributed by atoms with Crippen LogP contribution < -0.4 is 19.5 Å². The van der Waals surface area contributed by atoms with E-state index in [0.29, 0.717) is 28.0 Å². The largest absolute Gasteiger partial charge is 0.493 e. The van der Waals surface area contributed by atoms with E-state index in [1.165, 1.54) is 0 Å². The predicted octanol–water partition coefficient (Wildman–Crippen LogP) is 3.78. The predicted molar refractivity (Wildman–Crippen MR) is 101 cm³/mol. The van der Waals surface area contributed by atoms with Crippen molar-refractivity contribution in [3.05, 3.63) is 52.7 Å². The Morgan fingerprint density at radius 2 is 1.73 bits per heavy atom. The number of hydrogen-bond donors (Lipinski definition) is 2. The molecule has 1 aromatic heterocycles. The van der Waals surface area contributed by atoms with Crippen molar-refractivity contribution >= 4 is 28.4 Å². The molecule has 0 unspecified atom stereocenters. The summed E-state index contributed by atoms with van der Waals surface area (Å²) in [5, 5.41) is 4.07. The van der Waals surface area contributed by atoms with Crippen LogP contribution in [-0.4, -0.2) is 32.2 Å². The van der Waals surface area contributed by atoms with Gasteiger partial charge in [0.05, 0.1) is 26.4 Å². The van der Waals surface area contributed by atoms with Crippen molar-refractivity contribution in [2.24, 2.45) is 0 Å². The maximum absolute atomic E-state index is 12.5. The molecular formula is C19H19ClN2O4. The molecule has 0 spiro atoms. The van der Waals surface area contributed by atoms with E-state index in [1.807, 2.05) is 24.3 Å². The van der Waals surface area contributed by atoms with Gasteiger partial charge in [0.15, 0.2) is 11.5 Å². The van der Waals surface area contributed by atoms with Crippen LogP contribution in [-0.2, 0) is 6.54 Å². The fraction of sp³-hybridized carbons (Fsp3) is 0.211. The molecule has 2 aromatic carbocycles. The number of rotatable bonds is 6. The van der Waals surface area contributed by atoms with Crippen molar-refractivity contribution in [2.75, 3.05) is 21.3 Å². The van der Waals surface area contributed by atoms with Crippen molar-refractivity contribution in [1.82, 2.24) is 10.3 Å². The quantitative estimate of drug-likeness (QED) is 0.688. The van der Waals surface area contributed by atoms with Crippen molar-refractivity contribution in [1.29, 1.82) is 0 Å². The molecule has 6 nitrogen and oxygen atoms in total. The van der Waals surface area contributed by atoms with Crippen LogP contribution in [0.3, 0.4) is 0 Å². The summed E-state index contributed by atoms with van der Waals surface area (Å²) in [5.74, 6) is 1.27. The number of ether oxygens (including phenoxy) is 3. The number of H-pyrrole nitrogens is 1. The third-order valence-electron chi connectivity index (χ3n) is 4.05. The number of carbonyl (C=O) groups excluding carboxylic acids is 1. The first-order chi connectivity index (χ1) is 12.6. The molecule has 0 fully saturated rings. The summed E-state index contributed by atoms with van der Waals surface area (Å²) in [4.78, 5) is 15.6. The number of methoxy groups -OCH3 is 3. The van der Waals surface area contributed by atoms with Crippen LogP contribution in [0, 0.1) is 0 Å². The Balaban J connectivity index is 1.82. The normalized spacial score (nSPS) is 10.6. The van der Waals surface area contributed by atoms with Gasteiger partial charge in [-0.05, 0) is 23.8 Å². The van der Waals surface area contributed by atoms with Crippen molar-refractivity contribution in [3.63, 3.8) is 0 Å². The van der Waals surface area contributed by atoms with E-state index >= 15 is 0 Å². The van der Waals surface area contributed by atoms with Gasteiger partial charge in [0.1, 0.15) is 5.69 Å². The molecule has 26 heavy (non-hydrogen) atoms. The van der Waals surface area contributed by atoms with Crippen molar-refractivity contribution in [3.8, 4) is 17.2 Å². The van der Waals surface area contributed by atoms with Gasteiger partial charge in [-0.15, -0.1) is 0 Å². The van der Waals surface area contributed by atoms with Gasteiger partial charge in [0, 0.05) is 17.4 Å². The minimum absolute atomic E-state index is 0.279. The minimum Gasteiger partial charge on any atom is -0.493 e. The average Bonchev–Trinajstić information content (AvgIpc) is 3.02. The first kappa shape index (κ1) is 17.9. The lowest BCUT2D eigenvalue weighted by Crippen LogP contribution is -2.23. The molecular weight excluding hydrogens is 356 g/mol. The summed E-state index contributed by atoms with van der Waals surface area (Å²) in [6.07, 6.45) is 0. The highest BCUT2D eigenvalue weighted by Crippen LogP contribution is 2.38. The molecule has 0 aliphatic rings. The van der Waals surface area contributed by atoms with Crippen LogP contribution in [0.1, 0.15) is 16.1 Å². The summed E-state index contributed by atoms with van der Waals surface area (Å²) in [6.45, 7) is 0.279. The lowest BCUT2D eigenvalue weighted by Gasteiger charge is -2.14. The van der Waals surface area contributed by atoms with Gasteiger partial charge in [0.2, 0.25) is 5.75 Å². The SMILES string of the molecule is COc1cc(CNC(=O)c2[nH]c3ccccc3c2Cl)cc(OC)c1OC. The summed E-state index contributed by atoms with van der Waals surface area (Å²) in [6, 6.07) is 11.1. The Kier molecular flexibility index (Phi) is 5.23. The lowest BCUT2D eigenvalue weighted by atomic mass is 10.1. The van der Waals surface area contributed by atoms with Gasteiger partial charge < -0.3 is 24.5 Å². The molecule has 0 bridgehead atoms. The molecule has 0 saturated heterocycles. The number of halogens is 1. The standard InChI is InChI=1S/C19H19ClN2O4/c1-24-14-8-11(9-15(25-2)18(14)26-3)10-21-19(23)17-16(20)12-6-4-5-7-13(12)22-17/h4-9,22H,10H2,1-3H3,(H,21,23). The van der Waals surface area contributed by atoms with Crippen LogP contribution in [0.15, 0.2) is 36.4 Å². The highest BCUT2D eigenvalue weighted by Gasteiger charge is 2.17. The zero-order chi connectivity index (χ0) is 18.7. The van der Waals surface area contributed by atoms with Crippen molar-refractivity contribution < 1.29 is 19.0 Å². The van der Waals surface area contributed by atoms with Gasteiger partial charge >= 0.3 is 0 Å². The minimum atomic E-state index is -0.292. The molecule has 1 heterocycles. The highest BCUT2D eigenvalue weighted by atomic mass is 35.5. The molecule has 0 saturated carbocycles. The molecule has 3 rings (SSSR count). The Hall–Kier alpha value is -2.86. The molecule has 0 aliphatic heterocycles. The smallest absolute Gasteiger partial charge is 0.269 e. The first-order valence-corrected chi connectivity index (χ1v) is 8.30. The second-order valence-corrected chi connectivity index (χ2v) is 5.95. The van der Waals surface area contributed by atoms with Gasteiger partial charge in [-0.1, -0.05) is 29.8 Å². The Morgan fingerprint density at radius 1 is 1.08 bits per heavy atom. The van der Waals surface area contributed by atoms with E-state index in [0.717, 1.165) is 16.5 Å². The van der Waals surface area contributed by atoms with Crippen molar-refractivity contribution in [2.45, 2.75) is 6.54 Å². The molecule has 0 radical (unpaired) electrons. The van der Waals surface area contributed by atoms with E-state index in [1.54, 1.807) is 33.5 Å². The van der Waals surface area contributed by atoms with E-state index < -0.39 is 0 Å². The lowest BCUT2D eigenvalue weighted by molar-refractivity contribution is 0.0947. The topological polar surface area (TPSA) is 72.6 Å². The van der Waals surface area contributed by atoms with E-state index in [9.17, 15) is 4.79 Å². The summed E-state index contributed by atoms with van der Waals surface area (Å²) >= 11 is 6.32. The number of aromatic nitrogens is 1. The number of carbonyl (C=O) groups is 1. The van der Waals surface area contributed by atoms with E-state index in [4.69, 9.17) is 25.8 Å². The Bertz CT molecular complexity index is 927. The number of hydrogen-bond acceptors (Lipinski definition) is 4. The average molecular weight is 375 g/mol. The summed E-state index contributed by atoms with van der Waals surface area (Å²) < 4.78 is 15.9. The molecule has 3 aromatic rings. The van der Waals surface area contributed by atoms with Crippen LogP contribution in [0.5, 0.6) is 17.2 Å². The zero-order valence-electron chi connectivity index (χ0n) is 14.7. The third kappa shape index (κ3) is 3.28. The third-order valence-corrected chi connectivity index (χ3v) is 4.44. The van der Waals surface area contributed by atoms with Crippen LogP contribution >= 0.6 is 11.6 Å². The Morgan fingerprint density at radius 3 is 2.31 bits per heavy atom. The van der Waals surface area contributed by atoms with E-state index in [-0.39, 0.29) is 12.5 Å². The monoisotopic (exact) mass is 374 g/mol. The highest BCUT2D eigenvalue weighted by molar-refractivity contribution is 6.38. The number of amides is 1. The maximum atomic E-state index is 12.5. The van der Waals surface area contributed by atoms with Gasteiger partial charge in [0.25, 0.3) is 5.91 Å². The van der Waals surface area contributed by atoms with Gasteiger partial charge in [-0.3, -0.25) is 4.79 Å².